The summed E-state index contributed by atoms with van der Waals surface area (Å²) in [5, 5.41) is 15.5. The Labute approximate surface area is 164 Å². The van der Waals surface area contributed by atoms with Crippen molar-refractivity contribution in [2.75, 3.05) is 5.32 Å². The molecule has 0 spiro atoms. The lowest BCUT2D eigenvalue weighted by atomic mass is 9.95. The molecule has 4 rings (SSSR count). The van der Waals surface area contributed by atoms with Gasteiger partial charge in [0.1, 0.15) is 17.1 Å². The molecule has 2 heterocycles. The molecule has 4 heteroatoms. The first-order valence-electron chi connectivity index (χ1n) is 9.51. The number of phenolic OH excluding ortho intramolecular Hbond substituents is 1. The Kier molecular flexibility index (Phi) is 4.94. The molecule has 0 unspecified atom stereocenters. The van der Waals surface area contributed by atoms with E-state index < -0.39 is 0 Å². The third kappa shape index (κ3) is 3.54. The number of aryl methyl sites for hydroxylation is 2. The quantitative estimate of drug-likeness (QED) is 0.494. The van der Waals surface area contributed by atoms with Gasteiger partial charge in [0.15, 0.2) is 0 Å². The number of pyridine rings is 2. The summed E-state index contributed by atoms with van der Waals surface area (Å²) >= 11 is 0. The van der Waals surface area contributed by atoms with E-state index in [1.54, 1.807) is 6.20 Å². The molecular weight excluding hydrogens is 346 g/mol. The van der Waals surface area contributed by atoms with Crippen LogP contribution in [0.2, 0.25) is 0 Å². The highest BCUT2D eigenvalue weighted by molar-refractivity contribution is 5.86. The fourth-order valence-corrected chi connectivity index (χ4v) is 3.40. The van der Waals surface area contributed by atoms with Crippen LogP contribution in [0.5, 0.6) is 5.75 Å². The summed E-state index contributed by atoms with van der Waals surface area (Å²) in [5.41, 5.74) is 4.61. The molecule has 2 aromatic carbocycles. The summed E-state index contributed by atoms with van der Waals surface area (Å²) in [6, 6.07) is 21.9. The molecule has 0 fully saturated rings. The van der Waals surface area contributed by atoms with Gasteiger partial charge in [-0.3, -0.25) is 0 Å². The predicted octanol–water partition coefficient (Wildman–Crippen LogP) is 5.41. The Hall–Kier alpha value is -3.40. The van der Waals surface area contributed by atoms with Gasteiger partial charge in [-0.15, -0.1) is 0 Å². The molecule has 140 valence electrons. The summed E-state index contributed by atoms with van der Waals surface area (Å²) in [7, 11) is 0. The average molecular weight is 369 g/mol. The zero-order valence-corrected chi connectivity index (χ0v) is 16.1. The molecule has 0 aliphatic carbocycles. The molecule has 4 nitrogen and oxygen atoms in total. The smallest absolute Gasteiger partial charge is 0.147 e. The first kappa shape index (κ1) is 18.0. The van der Waals surface area contributed by atoms with Crippen molar-refractivity contribution < 1.29 is 5.11 Å². The van der Waals surface area contributed by atoms with Gasteiger partial charge < -0.3 is 10.4 Å². The molecule has 0 aliphatic rings. The number of fused-ring (bicyclic) bond motifs is 1. The zero-order valence-electron chi connectivity index (χ0n) is 16.1. The van der Waals surface area contributed by atoms with E-state index in [0.29, 0.717) is 5.52 Å². The molecule has 0 saturated carbocycles. The van der Waals surface area contributed by atoms with E-state index in [-0.39, 0.29) is 11.8 Å². The van der Waals surface area contributed by atoms with E-state index in [4.69, 9.17) is 0 Å². The molecule has 0 aliphatic heterocycles. The monoisotopic (exact) mass is 369 g/mol. The van der Waals surface area contributed by atoms with Gasteiger partial charge >= 0.3 is 0 Å². The summed E-state index contributed by atoms with van der Waals surface area (Å²) in [4.78, 5) is 8.95. The van der Waals surface area contributed by atoms with E-state index >= 15 is 0 Å². The van der Waals surface area contributed by atoms with Crippen LogP contribution in [-0.4, -0.2) is 15.1 Å². The number of rotatable bonds is 5. The number of anilines is 1. The highest BCUT2D eigenvalue weighted by Gasteiger charge is 2.20. The van der Waals surface area contributed by atoms with Crippen LogP contribution in [0.3, 0.4) is 0 Å². The van der Waals surface area contributed by atoms with Crippen molar-refractivity contribution in [1.29, 1.82) is 0 Å². The number of nitrogens with zero attached hydrogens (tertiary/aromatic N) is 2. The first-order chi connectivity index (χ1) is 13.7. The van der Waals surface area contributed by atoms with E-state index in [1.165, 1.54) is 5.56 Å². The van der Waals surface area contributed by atoms with Crippen LogP contribution < -0.4 is 5.32 Å². The molecule has 0 radical (unpaired) electrons. The van der Waals surface area contributed by atoms with Crippen LogP contribution in [0.15, 0.2) is 72.9 Å². The highest BCUT2D eigenvalue weighted by atomic mass is 16.3. The third-order valence-electron chi connectivity index (χ3n) is 5.00. The van der Waals surface area contributed by atoms with Gasteiger partial charge in [0, 0.05) is 22.8 Å². The number of aromatic hydroxyl groups is 1. The van der Waals surface area contributed by atoms with Crippen LogP contribution >= 0.6 is 0 Å². The fourth-order valence-electron chi connectivity index (χ4n) is 3.40. The Morgan fingerprint density at radius 2 is 1.75 bits per heavy atom. The zero-order chi connectivity index (χ0) is 19.5. The molecule has 0 amide bonds. The molecule has 28 heavy (non-hydrogen) atoms. The molecule has 1 atom stereocenters. The maximum Gasteiger partial charge on any atom is 0.147 e. The minimum Gasteiger partial charge on any atom is -0.505 e. The fraction of sp³-hybridized carbons (Fsp3) is 0.167. The molecule has 0 saturated heterocycles. The topological polar surface area (TPSA) is 58.0 Å². The van der Waals surface area contributed by atoms with Crippen molar-refractivity contribution in [2.45, 2.75) is 26.3 Å². The molecule has 0 bridgehead atoms. The van der Waals surface area contributed by atoms with Gasteiger partial charge in [-0.05, 0) is 42.7 Å². The maximum atomic E-state index is 11.1. The van der Waals surface area contributed by atoms with Gasteiger partial charge in [-0.25, -0.2) is 9.97 Å². The van der Waals surface area contributed by atoms with Gasteiger partial charge in [0.25, 0.3) is 0 Å². The average Bonchev–Trinajstić information content (AvgIpc) is 2.74. The Morgan fingerprint density at radius 1 is 0.964 bits per heavy atom. The van der Waals surface area contributed by atoms with E-state index in [0.717, 1.165) is 34.4 Å². The predicted molar refractivity (Wildman–Crippen MR) is 114 cm³/mol. The van der Waals surface area contributed by atoms with Crippen LogP contribution in [0.1, 0.15) is 35.3 Å². The summed E-state index contributed by atoms with van der Waals surface area (Å²) < 4.78 is 0. The van der Waals surface area contributed by atoms with Crippen LogP contribution in [0.4, 0.5) is 5.82 Å². The number of phenols is 1. The lowest BCUT2D eigenvalue weighted by molar-refractivity contribution is 0.471. The minimum absolute atomic E-state index is 0.203. The second-order valence-corrected chi connectivity index (χ2v) is 6.92. The SMILES string of the molecule is CCc1ccc([C@H](Nc2ccccn2)c2ccc3ccc(C)nc3c2O)cc1. The lowest BCUT2D eigenvalue weighted by Gasteiger charge is -2.22. The first-order valence-corrected chi connectivity index (χ1v) is 9.51. The standard InChI is InChI=1S/C24H23N3O/c1-3-17-8-11-18(12-9-17)22(27-21-6-4-5-15-25-21)20-14-13-19-10-7-16(2)26-23(19)24(20)28/h4-15,22,28H,3H2,1-2H3,(H,25,27)/t22-/m0/s1. The van der Waals surface area contributed by atoms with E-state index in [9.17, 15) is 5.11 Å². The summed E-state index contributed by atoms with van der Waals surface area (Å²) in [6.45, 7) is 4.07. The van der Waals surface area contributed by atoms with Crippen LogP contribution in [-0.2, 0) is 6.42 Å². The van der Waals surface area contributed by atoms with Crippen molar-refractivity contribution in [3.8, 4) is 5.75 Å². The van der Waals surface area contributed by atoms with E-state index in [2.05, 4.69) is 46.5 Å². The number of nitrogens with one attached hydrogen (secondary N) is 1. The van der Waals surface area contributed by atoms with Crippen molar-refractivity contribution in [2.24, 2.45) is 0 Å². The van der Waals surface area contributed by atoms with Gasteiger partial charge in [-0.2, -0.15) is 0 Å². The molecule has 4 aromatic rings. The number of aromatic nitrogens is 2. The minimum atomic E-state index is -0.243. The summed E-state index contributed by atoms with van der Waals surface area (Å²) in [5.74, 6) is 0.956. The Balaban J connectivity index is 1.84. The van der Waals surface area contributed by atoms with Crippen LogP contribution in [0.25, 0.3) is 10.9 Å². The van der Waals surface area contributed by atoms with Gasteiger partial charge in [0.2, 0.25) is 0 Å². The highest BCUT2D eigenvalue weighted by Crippen LogP contribution is 2.36. The second-order valence-electron chi connectivity index (χ2n) is 6.92. The summed E-state index contributed by atoms with van der Waals surface area (Å²) in [6.07, 6.45) is 2.74. The van der Waals surface area contributed by atoms with Crippen molar-refractivity contribution in [1.82, 2.24) is 9.97 Å². The lowest BCUT2D eigenvalue weighted by Crippen LogP contribution is -2.13. The molecule has 2 N–H and O–H groups in total. The van der Waals surface area contributed by atoms with Crippen molar-refractivity contribution in [3.63, 3.8) is 0 Å². The number of hydrogen-bond donors (Lipinski definition) is 2. The van der Waals surface area contributed by atoms with Crippen LogP contribution in [0, 0.1) is 6.92 Å². The number of hydrogen-bond acceptors (Lipinski definition) is 4. The molecule has 2 aromatic heterocycles. The van der Waals surface area contributed by atoms with Gasteiger partial charge in [0.05, 0.1) is 6.04 Å². The number of benzene rings is 2. The van der Waals surface area contributed by atoms with Gasteiger partial charge in [-0.1, -0.05) is 55.5 Å². The molecular formula is C24H23N3O. The second kappa shape index (κ2) is 7.69. The Bertz CT molecular complexity index is 1090. The Morgan fingerprint density at radius 3 is 2.46 bits per heavy atom. The third-order valence-corrected chi connectivity index (χ3v) is 5.00. The normalized spacial score (nSPS) is 12.1. The van der Waals surface area contributed by atoms with Crippen molar-refractivity contribution >= 4 is 16.7 Å². The largest absolute Gasteiger partial charge is 0.505 e. The van der Waals surface area contributed by atoms with E-state index in [1.807, 2.05) is 49.4 Å². The van der Waals surface area contributed by atoms with Crippen molar-refractivity contribution in [3.05, 3.63) is 95.3 Å². The maximum absolute atomic E-state index is 11.1.